The lowest BCUT2D eigenvalue weighted by Crippen LogP contribution is -2.34. The van der Waals surface area contributed by atoms with E-state index < -0.39 is 5.97 Å². The molecule has 1 N–H and O–H groups in total. The number of aliphatic hydroxyl groups excluding tert-OH is 1. The maximum Gasteiger partial charge on any atom is 0.171 e. The Bertz CT molecular complexity index is 964. The van der Waals surface area contributed by atoms with Gasteiger partial charge in [-0.2, -0.15) is 0 Å². The number of carbonyl (C=O) groups is 1. The molecule has 2 aromatic carbocycles. The molecule has 0 fully saturated rings. The lowest BCUT2D eigenvalue weighted by molar-refractivity contribution is -0.698. The van der Waals surface area contributed by atoms with Crippen LogP contribution in [-0.2, 0) is 17.8 Å². The fourth-order valence-corrected chi connectivity index (χ4v) is 3.20. The van der Waals surface area contributed by atoms with Crippen LogP contribution in [0.2, 0.25) is 0 Å². The Labute approximate surface area is 190 Å². The Morgan fingerprint density at radius 1 is 1.00 bits per heavy atom. The first-order valence-electron chi connectivity index (χ1n) is 10.7. The monoisotopic (exact) mass is 432 g/mol. The van der Waals surface area contributed by atoms with Crippen molar-refractivity contribution in [3.63, 3.8) is 0 Å². The standard InChI is InChI=1S/C25H29N2O.C2H4O2/c1-21(20-24-6-4-3-5-7-24)26(2)25-12-10-22(11-13-25)8-9-23-14-16-27(17-15-23)18-19-28;1-2(3)4/h3-17,21,28H,18-20H2,1-2H3;1H3,(H,3,4)/q+1;/p-1. The van der Waals surface area contributed by atoms with E-state index in [4.69, 9.17) is 15.0 Å². The number of carboxylic acids is 1. The van der Waals surface area contributed by atoms with Crippen LogP contribution in [0.3, 0.4) is 0 Å². The molecule has 3 rings (SSSR count). The van der Waals surface area contributed by atoms with Crippen molar-refractivity contribution in [2.75, 3.05) is 18.6 Å². The van der Waals surface area contributed by atoms with Crippen LogP contribution in [-0.4, -0.2) is 30.8 Å². The van der Waals surface area contributed by atoms with Crippen molar-refractivity contribution in [2.24, 2.45) is 0 Å². The fourth-order valence-electron chi connectivity index (χ4n) is 3.20. The van der Waals surface area contributed by atoms with Gasteiger partial charge in [-0.3, -0.25) is 0 Å². The Hall–Kier alpha value is -3.44. The average Bonchev–Trinajstić information content (AvgIpc) is 2.79. The van der Waals surface area contributed by atoms with Crippen LogP contribution in [0.15, 0.2) is 79.1 Å². The predicted octanol–water partition coefficient (Wildman–Crippen LogP) is 2.96. The number of aliphatic hydroxyl groups is 1. The minimum atomic E-state index is -1.08. The molecule has 0 bridgehead atoms. The third-order valence-corrected chi connectivity index (χ3v) is 5.08. The highest BCUT2D eigenvalue weighted by atomic mass is 16.4. The Morgan fingerprint density at radius 3 is 2.06 bits per heavy atom. The Kier molecular flexibility index (Phi) is 10.1. The highest BCUT2D eigenvalue weighted by Gasteiger charge is 2.10. The number of likely N-dealkylation sites (N-methyl/N-ethyl adjacent to an activating group) is 1. The number of anilines is 1. The number of benzene rings is 2. The molecule has 0 amide bonds. The van der Waals surface area contributed by atoms with Crippen molar-refractivity contribution in [1.82, 2.24) is 0 Å². The molecule has 32 heavy (non-hydrogen) atoms. The van der Waals surface area contributed by atoms with Gasteiger partial charge in [0.15, 0.2) is 18.9 Å². The van der Waals surface area contributed by atoms with Gasteiger partial charge in [0.25, 0.3) is 0 Å². The molecule has 1 atom stereocenters. The first kappa shape index (κ1) is 24.8. The fraction of sp³-hybridized carbons (Fsp3) is 0.259. The summed E-state index contributed by atoms with van der Waals surface area (Å²) in [6, 6.07) is 23.9. The van der Waals surface area contributed by atoms with E-state index in [1.165, 1.54) is 16.8 Å². The zero-order chi connectivity index (χ0) is 23.3. The van der Waals surface area contributed by atoms with Gasteiger partial charge in [-0.1, -0.05) is 54.6 Å². The highest BCUT2D eigenvalue weighted by molar-refractivity contribution is 5.70. The number of rotatable bonds is 8. The van der Waals surface area contributed by atoms with Gasteiger partial charge in [0.2, 0.25) is 0 Å². The third-order valence-electron chi connectivity index (χ3n) is 5.08. The van der Waals surface area contributed by atoms with Crippen LogP contribution < -0.4 is 14.6 Å². The van der Waals surface area contributed by atoms with Crippen molar-refractivity contribution in [1.29, 1.82) is 0 Å². The van der Waals surface area contributed by atoms with Crippen molar-refractivity contribution >= 4 is 23.8 Å². The first-order chi connectivity index (χ1) is 15.4. The quantitative estimate of drug-likeness (QED) is 0.556. The van der Waals surface area contributed by atoms with E-state index >= 15 is 0 Å². The molecule has 0 spiro atoms. The lowest BCUT2D eigenvalue weighted by atomic mass is 10.1. The molecule has 1 unspecified atom stereocenters. The molecule has 168 valence electrons. The number of hydrogen-bond acceptors (Lipinski definition) is 4. The summed E-state index contributed by atoms with van der Waals surface area (Å²) in [7, 11) is 2.16. The second-order valence-electron chi connectivity index (χ2n) is 7.66. The van der Waals surface area contributed by atoms with E-state index in [0.717, 1.165) is 18.9 Å². The second-order valence-corrected chi connectivity index (χ2v) is 7.66. The normalized spacial score (nSPS) is 11.5. The van der Waals surface area contributed by atoms with Crippen LogP contribution in [0.25, 0.3) is 12.2 Å². The van der Waals surface area contributed by atoms with Crippen LogP contribution in [0.1, 0.15) is 30.5 Å². The molecular formula is C27H32N2O3. The number of carbonyl (C=O) groups excluding carboxylic acids is 1. The van der Waals surface area contributed by atoms with Gasteiger partial charge in [-0.05, 0) is 49.1 Å². The molecule has 0 aliphatic rings. The third kappa shape index (κ3) is 8.74. The summed E-state index contributed by atoms with van der Waals surface area (Å²) >= 11 is 0. The second kappa shape index (κ2) is 13.1. The highest BCUT2D eigenvalue weighted by Crippen LogP contribution is 2.19. The van der Waals surface area contributed by atoms with Crippen LogP contribution in [0.4, 0.5) is 5.69 Å². The first-order valence-corrected chi connectivity index (χ1v) is 10.7. The number of nitrogens with zero attached hydrogens (tertiary/aromatic N) is 2. The van der Waals surface area contributed by atoms with E-state index in [9.17, 15) is 0 Å². The molecule has 0 radical (unpaired) electrons. The summed E-state index contributed by atoms with van der Waals surface area (Å²) in [4.78, 5) is 11.2. The SMILES string of the molecule is CC(=O)[O-].CC(Cc1ccccc1)N(C)c1ccc(/C=C/c2cc[n+](CCO)cc2)cc1. The summed E-state index contributed by atoms with van der Waals surface area (Å²) in [6.45, 7) is 4.02. The molecule has 0 saturated carbocycles. The van der Waals surface area contributed by atoms with Crippen LogP contribution in [0.5, 0.6) is 0 Å². The zero-order valence-corrected chi connectivity index (χ0v) is 19.0. The molecular weight excluding hydrogens is 400 g/mol. The molecule has 5 heteroatoms. The predicted molar refractivity (Wildman–Crippen MR) is 128 cm³/mol. The molecule has 5 nitrogen and oxygen atoms in total. The van der Waals surface area contributed by atoms with Crippen molar-refractivity contribution < 1.29 is 19.6 Å². The van der Waals surface area contributed by atoms with Crippen molar-refractivity contribution in [2.45, 2.75) is 32.9 Å². The molecule has 1 heterocycles. The van der Waals surface area contributed by atoms with Gasteiger partial charge in [0.05, 0.1) is 0 Å². The van der Waals surface area contributed by atoms with Gasteiger partial charge in [0, 0.05) is 36.9 Å². The van der Waals surface area contributed by atoms with Gasteiger partial charge in [-0.15, -0.1) is 0 Å². The van der Waals surface area contributed by atoms with Gasteiger partial charge >= 0.3 is 0 Å². The summed E-state index contributed by atoms with van der Waals surface area (Å²) < 4.78 is 1.97. The smallest absolute Gasteiger partial charge is 0.171 e. The maximum atomic E-state index is 8.97. The number of aliphatic carboxylic acids is 1. The minimum absolute atomic E-state index is 0.157. The summed E-state index contributed by atoms with van der Waals surface area (Å²) in [6.07, 6.45) is 9.25. The zero-order valence-electron chi connectivity index (χ0n) is 19.0. The van der Waals surface area contributed by atoms with Gasteiger partial charge < -0.3 is 19.9 Å². The maximum absolute atomic E-state index is 8.97. The topological polar surface area (TPSA) is 67.5 Å². The van der Waals surface area contributed by atoms with Gasteiger partial charge in [-0.25, -0.2) is 4.57 Å². The van der Waals surface area contributed by atoms with Gasteiger partial charge in [0.1, 0.15) is 6.61 Å². The Balaban J connectivity index is 0.000000837. The van der Waals surface area contributed by atoms with E-state index in [0.29, 0.717) is 12.6 Å². The lowest BCUT2D eigenvalue weighted by Gasteiger charge is -2.27. The van der Waals surface area contributed by atoms with E-state index in [1.54, 1.807) is 0 Å². The van der Waals surface area contributed by atoms with E-state index in [-0.39, 0.29) is 6.61 Å². The summed E-state index contributed by atoms with van der Waals surface area (Å²) in [5.41, 5.74) is 4.92. The number of hydrogen-bond donors (Lipinski definition) is 1. The van der Waals surface area contributed by atoms with Crippen molar-refractivity contribution in [3.8, 4) is 0 Å². The largest absolute Gasteiger partial charge is 0.550 e. The van der Waals surface area contributed by atoms with Crippen LogP contribution in [0, 0.1) is 0 Å². The molecule has 3 aromatic rings. The number of aromatic nitrogens is 1. The molecule has 0 saturated heterocycles. The van der Waals surface area contributed by atoms with E-state index in [2.05, 4.69) is 97.8 Å². The average molecular weight is 433 g/mol. The summed E-state index contributed by atoms with van der Waals surface area (Å²) in [5, 5.41) is 17.9. The minimum Gasteiger partial charge on any atom is -0.550 e. The molecule has 0 aliphatic heterocycles. The Morgan fingerprint density at radius 2 is 1.53 bits per heavy atom. The number of carboxylic acid groups (broad SMARTS) is 1. The summed E-state index contributed by atoms with van der Waals surface area (Å²) in [5.74, 6) is -1.08. The van der Waals surface area contributed by atoms with E-state index in [1.807, 2.05) is 17.0 Å². The number of pyridine rings is 1. The molecule has 0 aliphatic carbocycles. The molecule has 1 aromatic heterocycles. The van der Waals surface area contributed by atoms with Crippen molar-refractivity contribution in [3.05, 3.63) is 95.8 Å². The van der Waals surface area contributed by atoms with Crippen LogP contribution >= 0.6 is 0 Å².